The van der Waals surface area contributed by atoms with Gasteiger partial charge >= 0.3 is 6.03 Å². The Bertz CT molecular complexity index is 952. The van der Waals surface area contributed by atoms with Gasteiger partial charge in [0.2, 0.25) is 0 Å². The van der Waals surface area contributed by atoms with Gasteiger partial charge in [0, 0.05) is 36.1 Å². The predicted octanol–water partition coefficient (Wildman–Crippen LogP) is 3.17. The zero-order valence-corrected chi connectivity index (χ0v) is 14.2. The zero-order valence-electron chi connectivity index (χ0n) is 14.2. The lowest BCUT2D eigenvalue weighted by Gasteiger charge is -2.09. The second kappa shape index (κ2) is 7.69. The summed E-state index contributed by atoms with van der Waals surface area (Å²) in [6, 6.07) is 11.4. The molecule has 0 spiro atoms. The fourth-order valence-corrected chi connectivity index (χ4v) is 2.49. The molecule has 134 valence electrons. The SMILES string of the molecule is Cc1ccc(C(=O)NCCNC(=O)Nc2ccc3cc[nH]c3c2)cc1F. The van der Waals surface area contributed by atoms with Crippen molar-refractivity contribution < 1.29 is 14.0 Å². The monoisotopic (exact) mass is 354 g/mol. The van der Waals surface area contributed by atoms with Crippen molar-refractivity contribution in [3.8, 4) is 0 Å². The molecule has 0 aliphatic carbocycles. The van der Waals surface area contributed by atoms with Crippen LogP contribution < -0.4 is 16.0 Å². The quantitative estimate of drug-likeness (QED) is 0.531. The number of fused-ring (bicyclic) bond motifs is 1. The molecule has 0 bridgehead atoms. The summed E-state index contributed by atoms with van der Waals surface area (Å²) < 4.78 is 13.5. The summed E-state index contributed by atoms with van der Waals surface area (Å²) in [5.74, 6) is -0.808. The standard InChI is InChI=1S/C19H19FN4O2/c1-12-2-3-14(10-16(12)20)18(25)22-8-9-23-19(26)24-15-5-4-13-6-7-21-17(13)11-15/h2-7,10-11,21H,8-9H2,1H3,(H,22,25)(H2,23,24,26). The minimum atomic E-state index is -0.422. The maximum absolute atomic E-state index is 13.5. The van der Waals surface area contributed by atoms with E-state index in [1.807, 2.05) is 30.5 Å². The first-order valence-corrected chi connectivity index (χ1v) is 8.19. The molecule has 0 unspecified atom stereocenters. The smallest absolute Gasteiger partial charge is 0.319 e. The molecule has 0 saturated carbocycles. The van der Waals surface area contributed by atoms with E-state index < -0.39 is 5.82 Å². The van der Waals surface area contributed by atoms with E-state index >= 15 is 0 Å². The number of benzene rings is 2. The number of aromatic nitrogens is 1. The van der Waals surface area contributed by atoms with E-state index in [0.29, 0.717) is 11.3 Å². The molecule has 7 heteroatoms. The second-order valence-corrected chi connectivity index (χ2v) is 5.88. The number of carbonyl (C=O) groups is 2. The number of halogens is 1. The van der Waals surface area contributed by atoms with Crippen LogP contribution in [0, 0.1) is 12.7 Å². The molecular formula is C19H19FN4O2. The van der Waals surface area contributed by atoms with Crippen LogP contribution in [0.25, 0.3) is 10.9 Å². The van der Waals surface area contributed by atoms with Crippen LogP contribution in [0.2, 0.25) is 0 Å². The van der Waals surface area contributed by atoms with E-state index in [1.165, 1.54) is 6.07 Å². The van der Waals surface area contributed by atoms with Gasteiger partial charge in [-0.05, 0) is 48.2 Å². The van der Waals surface area contributed by atoms with Crippen molar-refractivity contribution in [3.05, 3.63) is 65.6 Å². The molecule has 1 aromatic heterocycles. The highest BCUT2D eigenvalue weighted by Gasteiger charge is 2.08. The number of hydrogen-bond donors (Lipinski definition) is 4. The number of rotatable bonds is 5. The fraction of sp³-hybridized carbons (Fsp3) is 0.158. The molecule has 6 nitrogen and oxygen atoms in total. The number of carbonyl (C=O) groups excluding carboxylic acids is 2. The van der Waals surface area contributed by atoms with Gasteiger partial charge in [0.1, 0.15) is 5.82 Å². The van der Waals surface area contributed by atoms with Crippen molar-refractivity contribution in [1.82, 2.24) is 15.6 Å². The first-order chi connectivity index (χ1) is 12.5. The van der Waals surface area contributed by atoms with Crippen molar-refractivity contribution >= 4 is 28.5 Å². The summed E-state index contributed by atoms with van der Waals surface area (Å²) in [5, 5.41) is 9.07. The number of anilines is 1. The highest BCUT2D eigenvalue weighted by atomic mass is 19.1. The molecule has 3 aromatic rings. The molecule has 26 heavy (non-hydrogen) atoms. The Balaban J connectivity index is 1.43. The molecule has 2 aromatic carbocycles. The maximum atomic E-state index is 13.5. The van der Waals surface area contributed by atoms with Crippen molar-refractivity contribution in [3.63, 3.8) is 0 Å². The van der Waals surface area contributed by atoms with E-state index in [2.05, 4.69) is 20.9 Å². The number of H-pyrrole nitrogens is 1. The van der Waals surface area contributed by atoms with Gasteiger partial charge in [0.25, 0.3) is 5.91 Å². The van der Waals surface area contributed by atoms with Crippen LogP contribution in [-0.2, 0) is 0 Å². The van der Waals surface area contributed by atoms with Crippen LogP contribution in [0.3, 0.4) is 0 Å². The van der Waals surface area contributed by atoms with Crippen molar-refractivity contribution in [2.75, 3.05) is 18.4 Å². The number of aryl methyl sites for hydroxylation is 1. The van der Waals surface area contributed by atoms with Gasteiger partial charge in [-0.15, -0.1) is 0 Å². The van der Waals surface area contributed by atoms with E-state index in [4.69, 9.17) is 0 Å². The average molecular weight is 354 g/mol. The minimum Gasteiger partial charge on any atom is -0.361 e. The molecule has 4 N–H and O–H groups in total. The lowest BCUT2D eigenvalue weighted by atomic mass is 10.1. The highest BCUT2D eigenvalue weighted by molar-refractivity contribution is 5.94. The largest absolute Gasteiger partial charge is 0.361 e. The number of urea groups is 1. The summed E-state index contributed by atoms with van der Waals surface area (Å²) in [6.45, 7) is 2.11. The first-order valence-electron chi connectivity index (χ1n) is 8.19. The van der Waals surface area contributed by atoms with Crippen LogP contribution in [-0.4, -0.2) is 30.0 Å². The van der Waals surface area contributed by atoms with Gasteiger partial charge in [-0.1, -0.05) is 12.1 Å². The van der Waals surface area contributed by atoms with Gasteiger partial charge in [0.15, 0.2) is 0 Å². The molecule has 1 heterocycles. The van der Waals surface area contributed by atoms with Crippen LogP contribution >= 0.6 is 0 Å². The second-order valence-electron chi connectivity index (χ2n) is 5.88. The van der Waals surface area contributed by atoms with E-state index in [0.717, 1.165) is 10.9 Å². The molecule has 0 aliphatic heterocycles. The molecule has 3 rings (SSSR count). The molecule has 0 aliphatic rings. The number of aromatic amines is 1. The lowest BCUT2D eigenvalue weighted by Crippen LogP contribution is -2.36. The van der Waals surface area contributed by atoms with Gasteiger partial charge < -0.3 is 20.9 Å². The Morgan fingerprint density at radius 3 is 2.65 bits per heavy atom. The Kier molecular flexibility index (Phi) is 5.17. The molecule has 0 radical (unpaired) electrons. The van der Waals surface area contributed by atoms with Crippen LogP contribution in [0.5, 0.6) is 0 Å². The summed E-state index contributed by atoms with van der Waals surface area (Å²) in [4.78, 5) is 26.9. The third kappa shape index (κ3) is 4.18. The van der Waals surface area contributed by atoms with Gasteiger partial charge in [-0.25, -0.2) is 9.18 Å². The summed E-state index contributed by atoms with van der Waals surface area (Å²) in [7, 11) is 0. The molecular weight excluding hydrogens is 335 g/mol. The third-order valence-electron chi connectivity index (χ3n) is 3.94. The lowest BCUT2D eigenvalue weighted by molar-refractivity contribution is 0.0953. The van der Waals surface area contributed by atoms with Crippen LogP contribution in [0.1, 0.15) is 15.9 Å². The van der Waals surface area contributed by atoms with Gasteiger partial charge in [-0.2, -0.15) is 0 Å². The fourth-order valence-electron chi connectivity index (χ4n) is 2.49. The highest BCUT2D eigenvalue weighted by Crippen LogP contribution is 2.17. The van der Waals surface area contributed by atoms with E-state index in [-0.39, 0.29) is 30.6 Å². The summed E-state index contributed by atoms with van der Waals surface area (Å²) >= 11 is 0. The predicted molar refractivity (Wildman–Crippen MR) is 98.8 cm³/mol. The first kappa shape index (κ1) is 17.5. The topological polar surface area (TPSA) is 86.0 Å². The molecule has 0 saturated heterocycles. The number of amides is 3. The van der Waals surface area contributed by atoms with Crippen molar-refractivity contribution in [2.45, 2.75) is 6.92 Å². The Labute approximate surface area is 149 Å². The van der Waals surface area contributed by atoms with Crippen LogP contribution in [0.4, 0.5) is 14.9 Å². The Morgan fingerprint density at radius 1 is 1.04 bits per heavy atom. The van der Waals surface area contributed by atoms with Crippen molar-refractivity contribution in [1.29, 1.82) is 0 Å². The number of hydrogen-bond acceptors (Lipinski definition) is 2. The maximum Gasteiger partial charge on any atom is 0.319 e. The van der Waals surface area contributed by atoms with Gasteiger partial charge in [-0.3, -0.25) is 4.79 Å². The molecule has 3 amide bonds. The molecule has 0 atom stereocenters. The number of nitrogens with one attached hydrogen (secondary N) is 4. The van der Waals surface area contributed by atoms with Crippen molar-refractivity contribution in [2.24, 2.45) is 0 Å². The third-order valence-corrected chi connectivity index (χ3v) is 3.94. The van der Waals surface area contributed by atoms with E-state index in [9.17, 15) is 14.0 Å². The summed E-state index contributed by atoms with van der Waals surface area (Å²) in [5.41, 5.74) is 2.33. The average Bonchev–Trinajstić information content (AvgIpc) is 3.08. The minimum absolute atomic E-state index is 0.234. The summed E-state index contributed by atoms with van der Waals surface area (Å²) in [6.07, 6.45) is 1.83. The zero-order chi connectivity index (χ0) is 18.5. The molecule has 0 fully saturated rings. The normalized spacial score (nSPS) is 10.5. The van der Waals surface area contributed by atoms with Crippen LogP contribution in [0.15, 0.2) is 48.7 Å². The Hall–Kier alpha value is -3.35. The van der Waals surface area contributed by atoms with Gasteiger partial charge in [0.05, 0.1) is 0 Å². The Morgan fingerprint density at radius 2 is 1.85 bits per heavy atom. The van der Waals surface area contributed by atoms with E-state index in [1.54, 1.807) is 19.1 Å².